The summed E-state index contributed by atoms with van der Waals surface area (Å²) in [5.41, 5.74) is 1.62. The van der Waals surface area contributed by atoms with Crippen molar-refractivity contribution >= 4 is 47.1 Å². The Labute approximate surface area is 236 Å². The Morgan fingerprint density at radius 3 is 2.46 bits per heavy atom. The van der Waals surface area contributed by atoms with Crippen LogP contribution in [0, 0.1) is 0 Å². The number of nitrogens with one attached hydrogen (secondary N) is 1. The fourth-order valence-electron chi connectivity index (χ4n) is 3.84. The molecule has 0 atom stereocenters. The van der Waals surface area contributed by atoms with E-state index in [1.807, 2.05) is 6.92 Å². The van der Waals surface area contributed by atoms with Crippen LogP contribution in [0.4, 0.5) is 4.79 Å². The van der Waals surface area contributed by atoms with E-state index in [0.717, 1.165) is 11.3 Å². The molecule has 0 aliphatic carbocycles. The number of halogens is 2. The van der Waals surface area contributed by atoms with E-state index in [9.17, 15) is 14.4 Å². The number of hydrogen-bond acceptors (Lipinski definition) is 6. The van der Waals surface area contributed by atoms with Crippen molar-refractivity contribution in [1.29, 1.82) is 0 Å². The van der Waals surface area contributed by atoms with Gasteiger partial charge in [-0.25, -0.2) is 4.79 Å². The summed E-state index contributed by atoms with van der Waals surface area (Å²) in [5, 5.41) is 3.20. The molecule has 202 valence electrons. The minimum atomic E-state index is -0.811. The molecule has 1 heterocycles. The Morgan fingerprint density at radius 1 is 0.923 bits per heavy atom. The zero-order valence-electron chi connectivity index (χ0n) is 21.3. The molecule has 0 saturated carbocycles. The molecule has 4 amide bonds. The SMILES string of the molecule is CCCOc1ccc(CN2C(=O)NC(=O)/C(=C\c3ccccc3OCc3ccc(Cl)cc3Cl)C2=O)cc1OC. The summed E-state index contributed by atoms with van der Waals surface area (Å²) in [4.78, 5) is 39.6. The number of methoxy groups -OCH3 is 1. The maximum atomic E-state index is 13.3. The normalized spacial score (nSPS) is 14.4. The van der Waals surface area contributed by atoms with E-state index < -0.39 is 17.8 Å². The molecular formula is C29H26Cl2N2O6. The zero-order chi connectivity index (χ0) is 27.9. The van der Waals surface area contributed by atoms with Gasteiger partial charge in [-0.15, -0.1) is 0 Å². The van der Waals surface area contributed by atoms with Crippen molar-refractivity contribution in [1.82, 2.24) is 10.2 Å². The van der Waals surface area contributed by atoms with Gasteiger partial charge in [0.05, 0.1) is 20.3 Å². The maximum Gasteiger partial charge on any atom is 0.331 e. The van der Waals surface area contributed by atoms with Crippen molar-refractivity contribution in [2.24, 2.45) is 0 Å². The van der Waals surface area contributed by atoms with Gasteiger partial charge in [0.2, 0.25) is 0 Å². The van der Waals surface area contributed by atoms with Crippen LogP contribution >= 0.6 is 23.2 Å². The van der Waals surface area contributed by atoms with Gasteiger partial charge in [-0.1, -0.05) is 60.5 Å². The highest BCUT2D eigenvalue weighted by Crippen LogP contribution is 2.30. The highest BCUT2D eigenvalue weighted by Gasteiger charge is 2.36. The number of amides is 4. The van der Waals surface area contributed by atoms with E-state index in [1.54, 1.807) is 60.7 Å². The number of para-hydroxylation sites is 1. The van der Waals surface area contributed by atoms with Crippen molar-refractivity contribution in [2.75, 3.05) is 13.7 Å². The number of ether oxygens (including phenoxy) is 3. The minimum absolute atomic E-state index is 0.0765. The van der Waals surface area contributed by atoms with E-state index in [1.165, 1.54) is 13.2 Å². The van der Waals surface area contributed by atoms with E-state index in [2.05, 4.69) is 5.32 Å². The van der Waals surface area contributed by atoms with Crippen LogP contribution in [0.25, 0.3) is 6.08 Å². The van der Waals surface area contributed by atoms with Crippen molar-refractivity contribution < 1.29 is 28.6 Å². The lowest BCUT2D eigenvalue weighted by Crippen LogP contribution is -2.53. The molecule has 39 heavy (non-hydrogen) atoms. The van der Waals surface area contributed by atoms with E-state index >= 15 is 0 Å². The molecule has 3 aromatic rings. The molecule has 1 N–H and O–H groups in total. The van der Waals surface area contributed by atoms with E-state index in [0.29, 0.717) is 50.6 Å². The number of hydrogen-bond donors (Lipinski definition) is 1. The maximum absolute atomic E-state index is 13.3. The third kappa shape index (κ3) is 6.71. The quantitative estimate of drug-likeness (QED) is 0.237. The van der Waals surface area contributed by atoms with Gasteiger partial charge in [-0.2, -0.15) is 0 Å². The first-order valence-electron chi connectivity index (χ1n) is 12.1. The van der Waals surface area contributed by atoms with Gasteiger partial charge in [-0.3, -0.25) is 19.8 Å². The van der Waals surface area contributed by atoms with Crippen molar-refractivity contribution in [3.8, 4) is 17.2 Å². The fourth-order valence-corrected chi connectivity index (χ4v) is 4.31. The number of imide groups is 2. The van der Waals surface area contributed by atoms with Crippen LogP contribution in [-0.2, 0) is 22.7 Å². The molecule has 1 saturated heterocycles. The monoisotopic (exact) mass is 568 g/mol. The van der Waals surface area contributed by atoms with Crippen molar-refractivity contribution in [2.45, 2.75) is 26.5 Å². The molecule has 1 aliphatic heterocycles. The highest BCUT2D eigenvalue weighted by atomic mass is 35.5. The lowest BCUT2D eigenvalue weighted by molar-refractivity contribution is -0.130. The summed E-state index contributed by atoms with van der Waals surface area (Å²) in [6.45, 7) is 2.58. The smallest absolute Gasteiger partial charge is 0.331 e. The lowest BCUT2D eigenvalue weighted by atomic mass is 10.1. The first kappa shape index (κ1) is 28.0. The number of carbonyl (C=O) groups excluding carboxylic acids is 3. The van der Waals surface area contributed by atoms with Gasteiger partial charge in [-0.05, 0) is 48.4 Å². The zero-order valence-corrected chi connectivity index (χ0v) is 22.8. The van der Waals surface area contributed by atoms with Gasteiger partial charge < -0.3 is 14.2 Å². The summed E-state index contributed by atoms with van der Waals surface area (Å²) < 4.78 is 17.0. The van der Waals surface area contributed by atoms with Crippen molar-refractivity contribution in [3.05, 3.63) is 93.0 Å². The third-order valence-electron chi connectivity index (χ3n) is 5.83. The summed E-state index contributed by atoms with van der Waals surface area (Å²) in [5.74, 6) is -0.0657. The number of carbonyl (C=O) groups is 3. The minimum Gasteiger partial charge on any atom is -0.493 e. The van der Waals surface area contributed by atoms with E-state index in [-0.39, 0.29) is 18.7 Å². The van der Waals surface area contributed by atoms with Crippen LogP contribution in [0.2, 0.25) is 10.0 Å². The number of urea groups is 1. The molecule has 0 unspecified atom stereocenters. The molecule has 1 fully saturated rings. The van der Waals surface area contributed by atoms with Gasteiger partial charge in [0, 0.05) is 21.2 Å². The molecular weight excluding hydrogens is 543 g/mol. The Hall–Kier alpha value is -4.01. The summed E-state index contributed by atoms with van der Waals surface area (Å²) in [6.07, 6.45) is 2.23. The predicted octanol–water partition coefficient (Wildman–Crippen LogP) is 6.03. The number of benzene rings is 3. The average Bonchev–Trinajstić information content (AvgIpc) is 2.92. The van der Waals surface area contributed by atoms with Crippen LogP contribution in [0.5, 0.6) is 17.2 Å². The second kappa shape index (κ2) is 12.7. The molecule has 4 rings (SSSR count). The van der Waals surface area contributed by atoms with Gasteiger partial charge >= 0.3 is 6.03 Å². The topological polar surface area (TPSA) is 94.2 Å². The predicted molar refractivity (Wildman–Crippen MR) is 148 cm³/mol. The summed E-state index contributed by atoms with van der Waals surface area (Å²) in [6, 6.07) is 16.3. The van der Waals surface area contributed by atoms with Gasteiger partial charge in [0.15, 0.2) is 11.5 Å². The van der Waals surface area contributed by atoms with Gasteiger partial charge in [0.1, 0.15) is 17.9 Å². The molecule has 10 heteroatoms. The van der Waals surface area contributed by atoms with Crippen LogP contribution in [-0.4, -0.2) is 36.5 Å². The number of nitrogens with zero attached hydrogens (tertiary/aromatic N) is 1. The van der Waals surface area contributed by atoms with Crippen LogP contribution < -0.4 is 19.5 Å². The fraction of sp³-hybridized carbons (Fsp3) is 0.207. The molecule has 0 spiro atoms. The molecule has 0 radical (unpaired) electrons. The van der Waals surface area contributed by atoms with Crippen molar-refractivity contribution in [3.63, 3.8) is 0 Å². The second-order valence-electron chi connectivity index (χ2n) is 8.60. The Balaban J connectivity index is 1.56. The lowest BCUT2D eigenvalue weighted by Gasteiger charge is -2.26. The molecule has 8 nitrogen and oxygen atoms in total. The Morgan fingerprint density at radius 2 is 1.72 bits per heavy atom. The molecule has 0 bridgehead atoms. The second-order valence-corrected chi connectivity index (χ2v) is 9.45. The van der Waals surface area contributed by atoms with E-state index in [4.69, 9.17) is 37.4 Å². The average molecular weight is 569 g/mol. The molecule has 1 aliphatic rings. The largest absolute Gasteiger partial charge is 0.493 e. The summed E-state index contributed by atoms with van der Waals surface area (Å²) >= 11 is 12.2. The molecule has 3 aromatic carbocycles. The first-order chi connectivity index (χ1) is 18.8. The standard InChI is InChI=1S/C29H26Cl2N2O6/c1-3-12-38-25-11-8-18(13-26(25)37-2)16-33-28(35)22(27(34)32-29(33)36)14-19-6-4-5-7-24(19)39-17-20-9-10-21(30)15-23(20)31/h4-11,13-15H,3,12,16-17H2,1-2H3,(H,32,34,36)/b22-14+. The first-order valence-corrected chi connectivity index (χ1v) is 12.9. The molecule has 0 aromatic heterocycles. The van der Waals surface area contributed by atoms with Crippen LogP contribution in [0.1, 0.15) is 30.0 Å². The van der Waals surface area contributed by atoms with Gasteiger partial charge in [0.25, 0.3) is 11.8 Å². The van der Waals surface area contributed by atoms with Crippen LogP contribution in [0.15, 0.2) is 66.2 Å². The highest BCUT2D eigenvalue weighted by molar-refractivity contribution is 6.35. The van der Waals surface area contributed by atoms with Crippen LogP contribution in [0.3, 0.4) is 0 Å². The number of rotatable bonds is 10. The number of barbiturate groups is 1. The third-order valence-corrected chi connectivity index (χ3v) is 6.42. The summed E-state index contributed by atoms with van der Waals surface area (Å²) in [7, 11) is 1.51. The Bertz CT molecular complexity index is 1440. The Kier molecular flexibility index (Phi) is 9.11.